The molecular formula is C26H28N4O2. The monoisotopic (exact) mass is 428 g/mol. The molecule has 1 aliphatic rings. The molecule has 3 amide bonds. The second-order valence-electron chi connectivity index (χ2n) is 8.04. The molecule has 0 unspecified atom stereocenters. The third-order valence-corrected chi connectivity index (χ3v) is 5.54. The van der Waals surface area contributed by atoms with E-state index in [2.05, 4.69) is 20.9 Å². The Morgan fingerprint density at radius 3 is 2.16 bits per heavy atom. The second kappa shape index (κ2) is 10.0. The minimum atomic E-state index is -0.321. The molecule has 1 aliphatic heterocycles. The molecule has 3 N–H and O–H groups in total. The Morgan fingerprint density at radius 2 is 1.44 bits per heavy atom. The molecule has 6 nitrogen and oxygen atoms in total. The number of nitrogens with one attached hydrogen (secondary N) is 3. The van der Waals surface area contributed by atoms with Gasteiger partial charge in [-0.2, -0.15) is 0 Å². The van der Waals surface area contributed by atoms with Gasteiger partial charge in [-0.3, -0.25) is 4.79 Å². The van der Waals surface area contributed by atoms with Crippen LogP contribution < -0.4 is 20.9 Å². The quantitative estimate of drug-likeness (QED) is 0.475. The highest BCUT2D eigenvalue weighted by molar-refractivity contribution is 6.06. The third-order valence-electron chi connectivity index (χ3n) is 5.54. The number of aryl methyl sites for hydroxylation is 1. The van der Waals surface area contributed by atoms with Gasteiger partial charge < -0.3 is 20.9 Å². The van der Waals surface area contributed by atoms with Crippen molar-refractivity contribution < 1.29 is 9.59 Å². The summed E-state index contributed by atoms with van der Waals surface area (Å²) in [4.78, 5) is 27.6. The highest BCUT2D eigenvalue weighted by atomic mass is 16.2. The first-order chi connectivity index (χ1) is 15.6. The van der Waals surface area contributed by atoms with Crippen molar-refractivity contribution in [3.63, 3.8) is 0 Å². The molecule has 0 radical (unpaired) electrons. The van der Waals surface area contributed by atoms with Crippen molar-refractivity contribution in [2.75, 3.05) is 33.9 Å². The summed E-state index contributed by atoms with van der Waals surface area (Å²) < 4.78 is 0. The maximum Gasteiger partial charge on any atom is 0.323 e. The average Bonchev–Trinajstić information content (AvgIpc) is 2.82. The van der Waals surface area contributed by atoms with Crippen LogP contribution in [0.3, 0.4) is 0 Å². The molecule has 0 saturated carbocycles. The number of benzene rings is 3. The number of amides is 3. The van der Waals surface area contributed by atoms with Crippen molar-refractivity contribution in [1.29, 1.82) is 0 Å². The molecule has 4 rings (SSSR count). The number of anilines is 4. The normalized spacial score (nSPS) is 13.3. The Morgan fingerprint density at radius 1 is 0.750 bits per heavy atom. The van der Waals surface area contributed by atoms with Gasteiger partial charge in [-0.1, -0.05) is 35.9 Å². The molecule has 32 heavy (non-hydrogen) atoms. The Bertz CT molecular complexity index is 1070. The van der Waals surface area contributed by atoms with Crippen LogP contribution in [0.2, 0.25) is 0 Å². The molecular weight excluding hydrogens is 400 g/mol. The summed E-state index contributed by atoms with van der Waals surface area (Å²) in [5, 5.41) is 8.79. The van der Waals surface area contributed by atoms with Gasteiger partial charge in [0.15, 0.2) is 0 Å². The van der Waals surface area contributed by atoms with E-state index in [-0.39, 0.29) is 11.9 Å². The van der Waals surface area contributed by atoms with Gasteiger partial charge >= 0.3 is 6.03 Å². The summed E-state index contributed by atoms with van der Waals surface area (Å²) in [6.07, 6.45) is 3.47. The fraction of sp³-hybridized carbons (Fsp3) is 0.231. The molecule has 0 spiro atoms. The predicted octanol–water partition coefficient (Wildman–Crippen LogP) is 5.88. The van der Waals surface area contributed by atoms with E-state index in [1.54, 1.807) is 12.1 Å². The minimum Gasteiger partial charge on any atom is -0.370 e. The SMILES string of the molecule is Cc1ccc(NC(=O)Nc2cc(NC(=O)c3ccccc3)ccc2N2CCCCC2)cc1. The lowest BCUT2D eigenvalue weighted by molar-refractivity contribution is 0.102. The smallest absolute Gasteiger partial charge is 0.323 e. The predicted molar refractivity (Wildman–Crippen MR) is 131 cm³/mol. The molecule has 1 saturated heterocycles. The Balaban J connectivity index is 1.55. The van der Waals surface area contributed by atoms with E-state index in [0.29, 0.717) is 16.9 Å². The number of urea groups is 1. The first kappa shape index (κ1) is 21.4. The van der Waals surface area contributed by atoms with Crippen LogP contribution in [0.4, 0.5) is 27.5 Å². The summed E-state index contributed by atoms with van der Waals surface area (Å²) >= 11 is 0. The summed E-state index contributed by atoms with van der Waals surface area (Å²) in [6, 6.07) is 22.1. The van der Waals surface area contributed by atoms with E-state index < -0.39 is 0 Å². The molecule has 0 aromatic heterocycles. The molecule has 3 aromatic carbocycles. The van der Waals surface area contributed by atoms with E-state index in [0.717, 1.165) is 42.9 Å². The van der Waals surface area contributed by atoms with E-state index in [4.69, 9.17) is 0 Å². The zero-order valence-electron chi connectivity index (χ0n) is 18.2. The fourth-order valence-corrected chi connectivity index (χ4v) is 3.84. The van der Waals surface area contributed by atoms with Gasteiger partial charge in [0.05, 0.1) is 11.4 Å². The molecule has 0 bridgehead atoms. The minimum absolute atomic E-state index is 0.189. The standard InChI is InChI=1S/C26H28N4O2/c1-19-10-12-21(13-11-19)28-26(32)29-23-18-22(27-25(31)20-8-4-2-5-9-20)14-15-24(23)30-16-6-3-7-17-30/h2,4-5,8-15,18H,3,6-7,16-17H2,1H3,(H,27,31)(H2,28,29,32). The van der Waals surface area contributed by atoms with Gasteiger partial charge in [0.2, 0.25) is 0 Å². The maximum absolute atomic E-state index is 12.7. The van der Waals surface area contributed by atoms with Gasteiger partial charge in [-0.05, 0) is 68.7 Å². The van der Waals surface area contributed by atoms with Crippen molar-refractivity contribution in [3.8, 4) is 0 Å². The lowest BCUT2D eigenvalue weighted by Gasteiger charge is -2.31. The van der Waals surface area contributed by atoms with Crippen molar-refractivity contribution in [1.82, 2.24) is 0 Å². The number of hydrogen-bond donors (Lipinski definition) is 3. The topological polar surface area (TPSA) is 73.5 Å². The number of hydrogen-bond acceptors (Lipinski definition) is 3. The van der Waals surface area contributed by atoms with Crippen LogP contribution in [0.1, 0.15) is 35.2 Å². The zero-order chi connectivity index (χ0) is 22.3. The van der Waals surface area contributed by atoms with Crippen molar-refractivity contribution in [3.05, 3.63) is 83.9 Å². The largest absolute Gasteiger partial charge is 0.370 e. The van der Waals surface area contributed by atoms with Crippen LogP contribution in [0, 0.1) is 6.92 Å². The molecule has 3 aromatic rings. The molecule has 1 heterocycles. The van der Waals surface area contributed by atoms with Gasteiger partial charge in [0, 0.05) is 30.0 Å². The summed E-state index contributed by atoms with van der Waals surface area (Å²) in [5.41, 5.74) is 4.69. The maximum atomic E-state index is 12.7. The van der Waals surface area contributed by atoms with Gasteiger partial charge in [-0.25, -0.2) is 4.79 Å². The van der Waals surface area contributed by atoms with Crippen LogP contribution >= 0.6 is 0 Å². The lowest BCUT2D eigenvalue weighted by atomic mass is 10.1. The van der Waals surface area contributed by atoms with Crippen LogP contribution in [-0.4, -0.2) is 25.0 Å². The van der Waals surface area contributed by atoms with Crippen molar-refractivity contribution in [2.45, 2.75) is 26.2 Å². The van der Waals surface area contributed by atoms with E-state index in [9.17, 15) is 9.59 Å². The van der Waals surface area contributed by atoms with Gasteiger partial charge in [0.1, 0.15) is 0 Å². The molecule has 0 aliphatic carbocycles. The van der Waals surface area contributed by atoms with E-state index >= 15 is 0 Å². The first-order valence-corrected chi connectivity index (χ1v) is 11.0. The fourth-order valence-electron chi connectivity index (χ4n) is 3.84. The Kier molecular flexibility index (Phi) is 6.70. The van der Waals surface area contributed by atoms with Crippen LogP contribution in [-0.2, 0) is 0 Å². The summed E-state index contributed by atoms with van der Waals surface area (Å²) in [6.45, 7) is 3.90. The molecule has 164 valence electrons. The molecule has 0 atom stereocenters. The number of nitrogens with zero attached hydrogens (tertiary/aromatic N) is 1. The van der Waals surface area contributed by atoms with Crippen LogP contribution in [0.5, 0.6) is 0 Å². The van der Waals surface area contributed by atoms with E-state index in [1.807, 2.05) is 67.6 Å². The molecule has 6 heteroatoms. The highest BCUT2D eigenvalue weighted by Gasteiger charge is 2.17. The van der Waals surface area contributed by atoms with Gasteiger partial charge in [-0.15, -0.1) is 0 Å². The third kappa shape index (κ3) is 5.46. The van der Waals surface area contributed by atoms with Crippen LogP contribution in [0.15, 0.2) is 72.8 Å². The Hall–Kier alpha value is -3.80. The first-order valence-electron chi connectivity index (χ1n) is 11.0. The van der Waals surface area contributed by atoms with E-state index in [1.165, 1.54) is 6.42 Å². The number of piperidine rings is 1. The average molecular weight is 429 g/mol. The number of carbonyl (C=O) groups is 2. The second-order valence-corrected chi connectivity index (χ2v) is 8.04. The van der Waals surface area contributed by atoms with Crippen molar-refractivity contribution in [2.24, 2.45) is 0 Å². The van der Waals surface area contributed by atoms with Crippen LogP contribution in [0.25, 0.3) is 0 Å². The highest BCUT2D eigenvalue weighted by Crippen LogP contribution is 2.32. The summed E-state index contributed by atoms with van der Waals surface area (Å²) in [7, 11) is 0. The molecule has 1 fully saturated rings. The van der Waals surface area contributed by atoms with Crippen molar-refractivity contribution >= 4 is 34.7 Å². The number of carbonyl (C=O) groups excluding carboxylic acids is 2. The zero-order valence-corrected chi connectivity index (χ0v) is 18.2. The van der Waals surface area contributed by atoms with Gasteiger partial charge in [0.25, 0.3) is 5.91 Å². The Labute approximate surface area is 188 Å². The number of rotatable bonds is 5. The summed E-state index contributed by atoms with van der Waals surface area (Å²) in [5.74, 6) is -0.189. The lowest BCUT2D eigenvalue weighted by Crippen LogP contribution is -2.31.